The molecule has 3 aromatic heterocycles. The van der Waals surface area contributed by atoms with Crippen molar-refractivity contribution < 1.29 is 0 Å². The van der Waals surface area contributed by atoms with Crippen LogP contribution in [0, 0.1) is 0 Å². The first-order valence-electron chi connectivity index (χ1n) is 18.8. The van der Waals surface area contributed by atoms with E-state index in [1.807, 2.05) is 11.3 Å². The number of fused-ring (bicyclic) bond motifs is 11. The summed E-state index contributed by atoms with van der Waals surface area (Å²) >= 11 is 1.90. The molecule has 1 unspecified atom stereocenters. The van der Waals surface area contributed by atoms with Gasteiger partial charge in [0.25, 0.3) is 0 Å². The molecule has 0 saturated carbocycles. The fourth-order valence-electron chi connectivity index (χ4n) is 8.89. The Morgan fingerprint density at radius 3 is 2.00 bits per heavy atom. The van der Waals surface area contributed by atoms with Crippen LogP contribution < -0.4 is 5.32 Å². The van der Waals surface area contributed by atoms with E-state index in [0.717, 1.165) is 34.0 Å². The number of benzene rings is 8. The monoisotopic (exact) mass is 720 g/mol. The van der Waals surface area contributed by atoms with Crippen molar-refractivity contribution >= 4 is 92.2 Å². The van der Waals surface area contributed by atoms with Gasteiger partial charge >= 0.3 is 0 Å². The van der Waals surface area contributed by atoms with Crippen LogP contribution in [-0.2, 0) is 0 Å². The zero-order chi connectivity index (χ0) is 36.0. The normalized spacial score (nSPS) is 14.3. The highest BCUT2D eigenvalue weighted by Crippen LogP contribution is 2.46. The molecule has 4 nitrogen and oxygen atoms in total. The summed E-state index contributed by atoms with van der Waals surface area (Å²) in [5.74, 6) is 0. The predicted octanol–water partition coefficient (Wildman–Crippen LogP) is 13.5. The van der Waals surface area contributed by atoms with Crippen molar-refractivity contribution in [1.82, 2.24) is 9.13 Å². The summed E-state index contributed by atoms with van der Waals surface area (Å²) in [5.41, 5.74) is 12.4. The summed E-state index contributed by atoms with van der Waals surface area (Å²) in [6.45, 7) is 0. The molecule has 55 heavy (non-hydrogen) atoms. The second kappa shape index (κ2) is 11.8. The van der Waals surface area contributed by atoms with Gasteiger partial charge in [0.2, 0.25) is 0 Å². The summed E-state index contributed by atoms with van der Waals surface area (Å²) < 4.78 is 7.55. The smallest absolute Gasteiger partial charge is 0.0947 e. The summed E-state index contributed by atoms with van der Waals surface area (Å²) in [5, 5.41) is 11.5. The van der Waals surface area contributed by atoms with Gasteiger partial charge < -0.3 is 14.5 Å². The van der Waals surface area contributed by atoms with Crippen molar-refractivity contribution in [3.8, 4) is 11.4 Å². The molecule has 0 amide bonds. The van der Waals surface area contributed by atoms with Crippen LogP contribution in [0.3, 0.4) is 0 Å². The number of rotatable bonds is 4. The molecule has 258 valence electrons. The van der Waals surface area contributed by atoms with Crippen molar-refractivity contribution in [3.63, 3.8) is 0 Å². The van der Waals surface area contributed by atoms with E-state index in [2.05, 4.69) is 196 Å². The highest BCUT2D eigenvalue weighted by atomic mass is 32.1. The molecule has 12 rings (SSSR count). The van der Waals surface area contributed by atoms with E-state index in [-0.39, 0.29) is 6.04 Å². The van der Waals surface area contributed by atoms with E-state index >= 15 is 0 Å². The minimum atomic E-state index is -0.0595. The molecule has 0 saturated heterocycles. The number of hydrogen-bond acceptors (Lipinski definition) is 3. The van der Waals surface area contributed by atoms with Crippen molar-refractivity contribution in [2.75, 3.05) is 5.32 Å². The molecule has 0 radical (unpaired) electrons. The maximum Gasteiger partial charge on any atom is 0.0947 e. The number of para-hydroxylation sites is 4. The number of nitrogens with zero attached hydrogens (tertiary/aromatic N) is 3. The molecule has 1 aliphatic heterocycles. The van der Waals surface area contributed by atoms with Crippen LogP contribution >= 0.6 is 11.3 Å². The highest BCUT2D eigenvalue weighted by molar-refractivity contribution is 7.26. The van der Waals surface area contributed by atoms with Gasteiger partial charge in [0.05, 0.1) is 45.2 Å². The summed E-state index contributed by atoms with van der Waals surface area (Å²) in [4.78, 5) is 5.24. The Labute approximate surface area is 320 Å². The second-order valence-electron chi connectivity index (χ2n) is 14.4. The Kier molecular flexibility index (Phi) is 6.53. The molecule has 0 spiro atoms. The zero-order valence-electron chi connectivity index (χ0n) is 29.6. The maximum atomic E-state index is 5.24. The third kappa shape index (κ3) is 4.54. The number of aromatic nitrogens is 2. The molecule has 0 aliphatic carbocycles. The van der Waals surface area contributed by atoms with Crippen molar-refractivity contribution in [3.05, 3.63) is 193 Å². The summed E-state index contributed by atoms with van der Waals surface area (Å²) in [6, 6.07) is 65.8. The van der Waals surface area contributed by atoms with Gasteiger partial charge in [0, 0.05) is 53.1 Å². The van der Waals surface area contributed by atoms with Crippen molar-refractivity contribution in [1.29, 1.82) is 0 Å². The molecule has 1 aliphatic rings. The fraction of sp³-hybridized carbons (Fsp3) is 0.0200. The van der Waals surface area contributed by atoms with Crippen LogP contribution in [0.5, 0.6) is 0 Å². The molecule has 0 bridgehead atoms. The van der Waals surface area contributed by atoms with Crippen LogP contribution in [-0.4, -0.2) is 14.8 Å². The van der Waals surface area contributed by atoms with Crippen LogP contribution in [0.25, 0.3) is 75.2 Å². The SMILES string of the molecule is c1ccc(C2Nc3ccccc3N=C2c2ccc(-n3c4ccccc4c4cc5c6c7sc8ccccc8c7ccc6n(-c6ccccc6)c5cc43)cc2)cc1. The zero-order valence-corrected chi connectivity index (χ0v) is 30.5. The lowest BCUT2D eigenvalue weighted by atomic mass is 9.94. The van der Waals surface area contributed by atoms with E-state index in [0.29, 0.717) is 0 Å². The van der Waals surface area contributed by atoms with Gasteiger partial charge in [-0.3, -0.25) is 0 Å². The van der Waals surface area contributed by atoms with E-state index < -0.39 is 0 Å². The van der Waals surface area contributed by atoms with E-state index in [1.54, 1.807) is 0 Å². The molecule has 5 heteroatoms. The lowest BCUT2D eigenvalue weighted by Crippen LogP contribution is -2.24. The molecule has 8 aromatic carbocycles. The number of aliphatic imine (C=N–C) groups is 1. The quantitative estimate of drug-likeness (QED) is 0.193. The van der Waals surface area contributed by atoms with Gasteiger partial charge in [-0.25, -0.2) is 4.99 Å². The Morgan fingerprint density at radius 1 is 0.473 bits per heavy atom. The topological polar surface area (TPSA) is 34.2 Å². The Bertz CT molecular complexity index is 3330. The first-order chi connectivity index (χ1) is 27.3. The lowest BCUT2D eigenvalue weighted by molar-refractivity contribution is 1.01. The van der Waals surface area contributed by atoms with Gasteiger partial charge in [-0.15, -0.1) is 11.3 Å². The van der Waals surface area contributed by atoms with Gasteiger partial charge in [-0.05, 0) is 77.9 Å². The van der Waals surface area contributed by atoms with Crippen molar-refractivity contribution in [2.45, 2.75) is 6.04 Å². The van der Waals surface area contributed by atoms with E-state index in [1.165, 1.54) is 69.3 Å². The molecular weight excluding hydrogens is 689 g/mol. The summed E-state index contributed by atoms with van der Waals surface area (Å²) in [6.07, 6.45) is 0. The van der Waals surface area contributed by atoms with Gasteiger partial charge in [0.1, 0.15) is 0 Å². The minimum absolute atomic E-state index is 0.0595. The van der Waals surface area contributed by atoms with Crippen LogP contribution in [0.2, 0.25) is 0 Å². The van der Waals surface area contributed by atoms with Crippen LogP contribution in [0.1, 0.15) is 17.2 Å². The Morgan fingerprint density at radius 2 is 1.15 bits per heavy atom. The van der Waals surface area contributed by atoms with Crippen LogP contribution in [0.15, 0.2) is 187 Å². The van der Waals surface area contributed by atoms with Crippen LogP contribution in [0.4, 0.5) is 11.4 Å². The third-order valence-corrected chi connectivity index (χ3v) is 12.6. The van der Waals surface area contributed by atoms with E-state index in [4.69, 9.17) is 4.99 Å². The van der Waals surface area contributed by atoms with Gasteiger partial charge in [-0.1, -0.05) is 115 Å². The molecular formula is C50H32N4S. The Balaban J connectivity index is 1.10. The van der Waals surface area contributed by atoms with E-state index in [9.17, 15) is 0 Å². The average molecular weight is 721 g/mol. The highest BCUT2D eigenvalue weighted by Gasteiger charge is 2.26. The largest absolute Gasteiger partial charge is 0.371 e. The molecule has 4 heterocycles. The number of hydrogen-bond donors (Lipinski definition) is 1. The first kappa shape index (κ1) is 30.5. The second-order valence-corrected chi connectivity index (χ2v) is 15.4. The average Bonchev–Trinajstić information content (AvgIpc) is 3.90. The first-order valence-corrected chi connectivity index (χ1v) is 19.6. The fourth-order valence-corrected chi connectivity index (χ4v) is 10.1. The van der Waals surface area contributed by atoms with Gasteiger partial charge in [-0.2, -0.15) is 0 Å². The molecule has 1 atom stereocenters. The molecule has 11 aromatic rings. The molecule has 0 fully saturated rings. The predicted molar refractivity (Wildman–Crippen MR) is 233 cm³/mol. The minimum Gasteiger partial charge on any atom is -0.371 e. The number of anilines is 1. The standard InChI is InChI=1S/C50H32N4S/c1-3-13-31(14-4-1)48-49(52-41-20-10-9-19-40(41)51-48)32-23-25-34(26-24-32)53-42-21-11-7-17-35(42)38-29-39-45(30-44(38)53)54(33-15-5-2-6-16-33)43-28-27-37-36-18-8-12-22-46(36)55-50(37)47(39)43/h1-30,48,51H. The molecule has 1 N–H and O–H groups in total. The Hall–Kier alpha value is -6.95. The lowest BCUT2D eigenvalue weighted by Gasteiger charge is -2.28. The number of nitrogens with one attached hydrogen (secondary N) is 1. The third-order valence-electron chi connectivity index (χ3n) is 11.4. The summed E-state index contributed by atoms with van der Waals surface area (Å²) in [7, 11) is 0. The maximum absolute atomic E-state index is 5.24. The van der Waals surface area contributed by atoms with Crippen molar-refractivity contribution in [2.24, 2.45) is 4.99 Å². The van der Waals surface area contributed by atoms with Gasteiger partial charge in [0.15, 0.2) is 0 Å². The number of thiophene rings is 1.